The van der Waals surface area contributed by atoms with Gasteiger partial charge in [-0.3, -0.25) is 0 Å². The average Bonchev–Trinajstić information content (AvgIpc) is 2.43. The van der Waals surface area contributed by atoms with E-state index in [2.05, 4.69) is 20.6 Å². The number of rotatable bonds is 5. The van der Waals surface area contributed by atoms with Gasteiger partial charge >= 0.3 is 6.18 Å². The average molecular weight is 317 g/mol. The summed E-state index contributed by atoms with van der Waals surface area (Å²) in [7, 11) is 0. The molecule has 0 aliphatic rings. The second-order valence-electron chi connectivity index (χ2n) is 4.15. The van der Waals surface area contributed by atoms with Crippen LogP contribution in [0.5, 0.6) is 0 Å². The Labute approximate surface area is 124 Å². The number of anilines is 2. The van der Waals surface area contributed by atoms with Gasteiger partial charge < -0.3 is 10.6 Å². The third-order valence-corrected chi connectivity index (χ3v) is 2.78. The highest BCUT2D eigenvalue weighted by molar-refractivity contribution is 6.29. The van der Waals surface area contributed by atoms with E-state index in [1.807, 2.05) is 0 Å². The third-order valence-electron chi connectivity index (χ3n) is 2.58. The molecule has 2 aromatic rings. The molecular formula is C13H12ClF3N4. The molecule has 0 atom stereocenters. The first-order chi connectivity index (χ1) is 9.95. The zero-order valence-electron chi connectivity index (χ0n) is 10.8. The van der Waals surface area contributed by atoms with Gasteiger partial charge in [0.15, 0.2) is 0 Å². The lowest BCUT2D eigenvalue weighted by Crippen LogP contribution is -2.14. The standard InChI is InChI=1S/C13H12ClF3N4/c14-11-7-10(3-4-19-11)18-5-6-20-12-2-1-9(8-21-12)13(15,16)17/h1-4,7-8H,5-6H2,(H,18,19)(H,20,21). The highest BCUT2D eigenvalue weighted by Gasteiger charge is 2.30. The Morgan fingerprint density at radius 2 is 1.81 bits per heavy atom. The lowest BCUT2D eigenvalue weighted by atomic mass is 10.3. The maximum Gasteiger partial charge on any atom is 0.417 e. The van der Waals surface area contributed by atoms with Gasteiger partial charge in [-0.1, -0.05) is 11.6 Å². The number of pyridine rings is 2. The van der Waals surface area contributed by atoms with E-state index in [1.165, 1.54) is 6.07 Å². The SMILES string of the molecule is FC(F)(F)c1ccc(NCCNc2ccnc(Cl)c2)nc1. The molecule has 112 valence electrons. The Morgan fingerprint density at radius 3 is 2.43 bits per heavy atom. The van der Waals surface area contributed by atoms with Crippen LogP contribution in [-0.4, -0.2) is 23.1 Å². The summed E-state index contributed by atoms with van der Waals surface area (Å²) in [5, 5.41) is 6.40. The molecule has 0 saturated heterocycles. The van der Waals surface area contributed by atoms with Crippen molar-refractivity contribution in [2.24, 2.45) is 0 Å². The molecule has 0 radical (unpaired) electrons. The van der Waals surface area contributed by atoms with Crippen molar-refractivity contribution >= 4 is 23.1 Å². The van der Waals surface area contributed by atoms with Crippen LogP contribution in [0.2, 0.25) is 5.15 Å². The van der Waals surface area contributed by atoms with Crippen molar-refractivity contribution in [3.63, 3.8) is 0 Å². The van der Waals surface area contributed by atoms with E-state index >= 15 is 0 Å². The molecule has 0 bridgehead atoms. The van der Waals surface area contributed by atoms with E-state index in [-0.39, 0.29) is 0 Å². The minimum Gasteiger partial charge on any atom is -0.383 e. The molecule has 0 spiro atoms. The summed E-state index contributed by atoms with van der Waals surface area (Å²) in [4.78, 5) is 7.57. The van der Waals surface area contributed by atoms with Crippen molar-refractivity contribution in [3.05, 3.63) is 47.4 Å². The predicted molar refractivity (Wildman–Crippen MR) is 75.5 cm³/mol. The fourth-order valence-corrected chi connectivity index (χ4v) is 1.75. The van der Waals surface area contributed by atoms with E-state index in [0.29, 0.717) is 24.1 Å². The number of nitrogens with zero attached hydrogens (tertiary/aromatic N) is 2. The molecule has 0 aliphatic heterocycles. The molecule has 0 unspecified atom stereocenters. The summed E-state index contributed by atoms with van der Waals surface area (Å²) < 4.78 is 37.1. The van der Waals surface area contributed by atoms with Crippen LogP contribution in [0.15, 0.2) is 36.7 Å². The van der Waals surface area contributed by atoms with Gasteiger partial charge in [-0.2, -0.15) is 13.2 Å². The van der Waals surface area contributed by atoms with E-state index in [0.717, 1.165) is 18.0 Å². The summed E-state index contributed by atoms with van der Waals surface area (Å²) in [5.74, 6) is 0.387. The van der Waals surface area contributed by atoms with Crippen LogP contribution in [0.3, 0.4) is 0 Å². The van der Waals surface area contributed by atoms with Gasteiger partial charge in [0.05, 0.1) is 5.56 Å². The monoisotopic (exact) mass is 316 g/mol. The number of aromatic nitrogens is 2. The van der Waals surface area contributed by atoms with Gasteiger partial charge in [-0.05, 0) is 24.3 Å². The fraction of sp³-hybridized carbons (Fsp3) is 0.231. The Hall–Kier alpha value is -2.02. The molecule has 2 aromatic heterocycles. The molecule has 0 amide bonds. The van der Waals surface area contributed by atoms with Crippen LogP contribution in [-0.2, 0) is 6.18 Å². The summed E-state index contributed by atoms with van der Waals surface area (Å²) in [6, 6.07) is 5.73. The van der Waals surface area contributed by atoms with Crippen molar-refractivity contribution in [2.45, 2.75) is 6.18 Å². The van der Waals surface area contributed by atoms with Crippen LogP contribution < -0.4 is 10.6 Å². The zero-order valence-corrected chi connectivity index (χ0v) is 11.5. The predicted octanol–water partition coefficient (Wildman–Crippen LogP) is 3.67. The molecule has 0 saturated carbocycles. The maximum atomic E-state index is 12.4. The fourth-order valence-electron chi connectivity index (χ4n) is 1.58. The lowest BCUT2D eigenvalue weighted by molar-refractivity contribution is -0.137. The Kier molecular flexibility index (Phi) is 4.85. The molecule has 4 nitrogen and oxygen atoms in total. The van der Waals surface area contributed by atoms with Crippen molar-refractivity contribution in [1.82, 2.24) is 9.97 Å². The number of nitrogens with one attached hydrogen (secondary N) is 2. The number of hydrogen-bond acceptors (Lipinski definition) is 4. The number of alkyl halides is 3. The minimum absolute atomic E-state index is 0.386. The van der Waals surface area contributed by atoms with Crippen LogP contribution in [0, 0.1) is 0 Å². The molecule has 21 heavy (non-hydrogen) atoms. The molecular weight excluding hydrogens is 305 g/mol. The molecule has 0 fully saturated rings. The van der Waals surface area contributed by atoms with Crippen molar-refractivity contribution < 1.29 is 13.2 Å². The van der Waals surface area contributed by atoms with E-state index < -0.39 is 11.7 Å². The third kappa shape index (κ3) is 4.78. The van der Waals surface area contributed by atoms with Crippen LogP contribution >= 0.6 is 11.6 Å². The smallest absolute Gasteiger partial charge is 0.383 e. The Balaban J connectivity index is 1.79. The molecule has 2 rings (SSSR count). The first kappa shape index (κ1) is 15.4. The van der Waals surface area contributed by atoms with Gasteiger partial charge in [-0.15, -0.1) is 0 Å². The van der Waals surface area contributed by atoms with Crippen molar-refractivity contribution in [3.8, 4) is 0 Å². The summed E-state index contributed by atoms with van der Waals surface area (Å²) in [6.07, 6.45) is -1.98. The summed E-state index contributed by atoms with van der Waals surface area (Å²) in [5.41, 5.74) is 0.0507. The molecule has 0 aliphatic carbocycles. The van der Waals surface area contributed by atoms with Gasteiger partial charge in [-0.25, -0.2) is 9.97 Å². The van der Waals surface area contributed by atoms with E-state index in [4.69, 9.17) is 11.6 Å². The van der Waals surface area contributed by atoms with E-state index in [9.17, 15) is 13.2 Å². The van der Waals surface area contributed by atoms with Gasteiger partial charge in [0.25, 0.3) is 0 Å². The second kappa shape index (κ2) is 6.62. The van der Waals surface area contributed by atoms with Crippen molar-refractivity contribution in [1.29, 1.82) is 0 Å². The van der Waals surface area contributed by atoms with Crippen LogP contribution in [0.4, 0.5) is 24.7 Å². The summed E-state index contributed by atoms with van der Waals surface area (Å²) in [6.45, 7) is 1.06. The van der Waals surface area contributed by atoms with Crippen LogP contribution in [0.25, 0.3) is 0 Å². The van der Waals surface area contributed by atoms with Crippen molar-refractivity contribution in [2.75, 3.05) is 23.7 Å². The summed E-state index contributed by atoms with van der Waals surface area (Å²) >= 11 is 5.74. The largest absolute Gasteiger partial charge is 0.417 e. The maximum absolute atomic E-state index is 12.4. The first-order valence-corrected chi connectivity index (χ1v) is 6.45. The number of hydrogen-bond donors (Lipinski definition) is 2. The first-order valence-electron chi connectivity index (χ1n) is 6.08. The second-order valence-corrected chi connectivity index (χ2v) is 4.54. The molecule has 0 aromatic carbocycles. The van der Waals surface area contributed by atoms with E-state index in [1.54, 1.807) is 18.3 Å². The minimum atomic E-state index is -4.37. The normalized spacial score (nSPS) is 11.2. The van der Waals surface area contributed by atoms with Gasteiger partial charge in [0.2, 0.25) is 0 Å². The number of halogens is 4. The topological polar surface area (TPSA) is 49.8 Å². The Bertz CT molecular complexity index is 587. The van der Waals surface area contributed by atoms with Gasteiger partial charge in [0.1, 0.15) is 11.0 Å². The highest BCUT2D eigenvalue weighted by Crippen LogP contribution is 2.28. The molecule has 2 N–H and O–H groups in total. The van der Waals surface area contributed by atoms with Gasteiger partial charge in [0, 0.05) is 31.2 Å². The quantitative estimate of drug-likeness (QED) is 0.653. The van der Waals surface area contributed by atoms with Crippen LogP contribution in [0.1, 0.15) is 5.56 Å². The molecule has 8 heteroatoms. The lowest BCUT2D eigenvalue weighted by Gasteiger charge is -2.10. The Morgan fingerprint density at radius 1 is 1.05 bits per heavy atom. The zero-order chi connectivity index (χ0) is 15.3. The molecule has 2 heterocycles. The highest BCUT2D eigenvalue weighted by atomic mass is 35.5.